The van der Waals surface area contributed by atoms with Crippen LogP contribution in [0.5, 0.6) is 0 Å². The maximum atomic E-state index is 12.1. The highest BCUT2D eigenvalue weighted by molar-refractivity contribution is 7.91. The number of rotatable bonds is 4. The summed E-state index contributed by atoms with van der Waals surface area (Å²) in [6, 6.07) is 3.75. The molecular formula is C13H17ClN2O4S. The van der Waals surface area contributed by atoms with Crippen LogP contribution >= 0.6 is 11.6 Å². The lowest BCUT2D eigenvalue weighted by Gasteiger charge is -2.24. The first-order valence-electron chi connectivity index (χ1n) is 6.38. The first kappa shape index (κ1) is 16.1. The number of sulfone groups is 1. The van der Waals surface area contributed by atoms with Gasteiger partial charge in [0.1, 0.15) is 0 Å². The second-order valence-corrected chi connectivity index (χ2v) is 7.25. The maximum Gasteiger partial charge on any atom is 0.317 e. The van der Waals surface area contributed by atoms with Crippen molar-refractivity contribution in [3.63, 3.8) is 0 Å². The Morgan fingerprint density at radius 1 is 1.52 bits per heavy atom. The number of methoxy groups -OCH3 is 1. The largest absolute Gasteiger partial charge is 0.383 e. The second kappa shape index (κ2) is 6.21. The van der Waals surface area contributed by atoms with Crippen molar-refractivity contribution in [3.05, 3.63) is 28.8 Å². The molecule has 0 aromatic heterocycles. The fraction of sp³-hybridized carbons (Fsp3) is 0.462. The molecule has 2 rings (SSSR count). The molecule has 1 aliphatic heterocycles. The number of hydrogen-bond acceptors (Lipinski definition) is 4. The molecule has 1 N–H and O–H groups in total. The van der Waals surface area contributed by atoms with Gasteiger partial charge in [-0.25, -0.2) is 13.2 Å². The van der Waals surface area contributed by atoms with Crippen molar-refractivity contribution in [2.45, 2.75) is 10.9 Å². The molecule has 1 atom stereocenters. The number of urea groups is 1. The summed E-state index contributed by atoms with van der Waals surface area (Å²) in [6.45, 7) is 0.756. The number of fused-ring (bicyclic) bond motifs is 1. The average molecular weight is 333 g/mol. The normalized spacial score (nSPS) is 19.1. The van der Waals surface area contributed by atoms with Crippen molar-refractivity contribution >= 4 is 27.5 Å². The lowest BCUT2D eigenvalue weighted by Crippen LogP contribution is -2.41. The summed E-state index contributed by atoms with van der Waals surface area (Å²) in [7, 11) is -0.273. The molecule has 1 heterocycles. The number of hydrogen-bond donors (Lipinski definition) is 1. The molecule has 0 bridgehead atoms. The summed E-state index contributed by atoms with van der Waals surface area (Å²) in [5.41, 5.74) is 0.562. The molecule has 6 nitrogen and oxygen atoms in total. The summed E-state index contributed by atoms with van der Waals surface area (Å²) in [6.07, 6.45) is 0. The lowest BCUT2D eigenvalue weighted by atomic mass is 10.1. The Kier molecular flexibility index (Phi) is 4.75. The Hall–Kier alpha value is -1.31. The Morgan fingerprint density at radius 2 is 2.24 bits per heavy atom. The van der Waals surface area contributed by atoms with Gasteiger partial charge in [0.15, 0.2) is 9.84 Å². The highest BCUT2D eigenvalue weighted by atomic mass is 35.5. The van der Waals surface area contributed by atoms with Gasteiger partial charge < -0.3 is 15.0 Å². The van der Waals surface area contributed by atoms with Crippen LogP contribution in [0.4, 0.5) is 4.79 Å². The molecule has 0 saturated carbocycles. The smallest absolute Gasteiger partial charge is 0.317 e. The predicted molar refractivity (Wildman–Crippen MR) is 79.3 cm³/mol. The third-order valence-electron chi connectivity index (χ3n) is 3.41. The number of ether oxygens (including phenoxy) is 1. The van der Waals surface area contributed by atoms with E-state index < -0.39 is 15.9 Å². The molecule has 8 heteroatoms. The Balaban J connectivity index is 2.22. The third-order valence-corrected chi connectivity index (χ3v) is 5.45. The van der Waals surface area contributed by atoms with E-state index in [1.165, 1.54) is 18.1 Å². The van der Waals surface area contributed by atoms with Crippen LogP contribution in [0.15, 0.2) is 23.1 Å². The predicted octanol–water partition coefficient (Wildman–Crippen LogP) is 1.46. The number of amides is 2. The minimum absolute atomic E-state index is 0.128. The summed E-state index contributed by atoms with van der Waals surface area (Å²) >= 11 is 5.94. The van der Waals surface area contributed by atoms with E-state index in [4.69, 9.17) is 16.3 Å². The van der Waals surface area contributed by atoms with Crippen LogP contribution < -0.4 is 5.32 Å². The van der Waals surface area contributed by atoms with E-state index in [2.05, 4.69) is 5.32 Å². The topological polar surface area (TPSA) is 75.7 Å². The number of nitrogens with one attached hydrogen (secondary N) is 1. The van der Waals surface area contributed by atoms with E-state index in [9.17, 15) is 13.2 Å². The van der Waals surface area contributed by atoms with Crippen LogP contribution in [0, 0.1) is 0 Å². The van der Waals surface area contributed by atoms with Gasteiger partial charge in [-0.2, -0.15) is 0 Å². The van der Waals surface area contributed by atoms with Gasteiger partial charge in [-0.05, 0) is 23.8 Å². The third kappa shape index (κ3) is 3.30. The summed E-state index contributed by atoms with van der Waals surface area (Å²) in [4.78, 5) is 13.7. The van der Waals surface area contributed by atoms with E-state index in [0.717, 1.165) is 0 Å². The van der Waals surface area contributed by atoms with Crippen LogP contribution in [0.2, 0.25) is 5.02 Å². The van der Waals surface area contributed by atoms with Gasteiger partial charge >= 0.3 is 6.03 Å². The molecule has 0 saturated heterocycles. The zero-order valence-corrected chi connectivity index (χ0v) is 13.4. The maximum absolute atomic E-state index is 12.1. The monoisotopic (exact) mass is 332 g/mol. The number of benzene rings is 1. The zero-order chi connectivity index (χ0) is 15.6. The molecule has 116 valence electrons. The minimum atomic E-state index is -3.38. The number of halogens is 1. The Bertz CT molecular complexity index is 648. The van der Waals surface area contributed by atoms with Crippen LogP contribution in [-0.2, 0) is 14.6 Å². The molecule has 2 amide bonds. The van der Waals surface area contributed by atoms with Gasteiger partial charge in [-0.15, -0.1) is 0 Å². The standard InChI is InChI=1S/C13H17ClN2O4S/c1-16(13(17)15-5-6-20-2)11-8-21(18,19)12-4-3-9(14)7-10(11)12/h3-4,7,11H,5-6,8H2,1-2H3,(H,15,17). The van der Waals surface area contributed by atoms with Crippen molar-refractivity contribution in [2.75, 3.05) is 33.1 Å². The lowest BCUT2D eigenvalue weighted by molar-refractivity contribution is 0.178. The van der Waals surface area contributed by atoms with Crippen molar-refractivity contribution in [1.82, 2.24) is 10.2 Å². The van der Waals surface area contributed by atoms with Crippen LogP contribution in [-0.4, -0.2) is 52.4 Å². The number of carbonyl (C=O) groups excluding carboxylic acids is 1. The number of nitrogens with zero attached hydrogens (tertiary/aromatic N) is 1. The Morgan fingerprint density at radius 3 is 2.90 bits per heavy atom. The van der Waals surface area contributed by atoms with Crippen LogP contribution in [0.1, 0.15) is 11.6 Å². The minimum Gasteiger partial charge on any atom is -0.383 e. The van der Waals surface area contributed by atoms with E-state index in [0.29, 0.717) is 23.7 Å². The van der Waals surface area contributed by atoms with Gasteiger partial charge in [0.25, 0.3) is 0 Å². The average Bonchev–Trinajstić information content (AvgIpc) is 2.69. The van der Waals surface area contributed by atoms with Gasteiger partial charge in [-0.1, -0.05) is 11.6 Å². The molecule has 1 unspecified atom stereocenters. The molecule has 0 aliphatic carbocycles. The molecule has 0 radical (unpaired) electrons. The highest BCUT2D eigenvalue weighted by Crippen LogP contribution is 2.37. The first-order valence-corrected chi connectivity index (χ1v) is 8.41. The molecule has 1 aromatic rings. The Labute approximate surface area is 128 Å². The van der Waals surface area contributed by atoms with E-state index in [1.54, 1.807) is 19.2 Å². The second-order valence-electron chi connectivity index (χ2n) is 4.81. The van der Waals surface area contributed by atoms with Crippen molar-refractivity contribution in [1.29, 1.82) is 0 Å². The zero-order valence-electron chi connectivity index (χ0n) is 11.8. The highest BCUT2D eigenvalue weighted by Gasteiger charge is 2.38. The van der Waals surface area contributed by atoms with Gasteiger partial charge in [-0.3, -0.25) is 0 Å². The van der Waals surface area contributed by atoms with Gasteiger partial charge in [0, 0.05) is 25.7 Å². The summed E-state index contributed by atoms with van der Waals surface area (Å²) in [5.74, 6) is -0.128. The first-order chi connectivity index (χ1) is 9.86. The summed E-state index contributed by atoms with van der Waals surface area (Å²) < 4.78 is 29.1. The molecule has 0 fully saturated rings. The van der Waals surface area contributed by atoms with Crippen LogP contribution in [0.3, 0.4) is 0 Å². The molecule has 1 aliphatic rings. The van der Waals surface area contributed by atoms with Crippen molar-refractivity contribution < 1.29 is 17.9 Å². The van der Waals surface area contributed by atoms with E-state index in [-0.39, 0.29) is 16.7 Å². The summed E-state index contributed by atoms with van der Waals surface area (Å²) in [5, 5.41) is 3.12. The van der Waals surface area contributed by atoms with Gasteiger partial charge in [0.2, 0.25) is 0 Å². The van der Waals surface area contributed by atoms with E-state index >= 15 is 0 Å². The van der Waals surface area contributed by atoms with Gasteiger partial charge in [0.05, 0.1) is 23.3 Å². The van der Waals surface area contributed by atoms with Crippen molar-refractivity contribution in [3.8, 4) is 0 Å². The fourth-order valence-corrected chi connectivity index (χ4v) is 4.31. The molecule has 1 aromatic carbocycles. The number of carbonyl (C=O) groups is 1. The van der Waals surface area contributed by atoms with E-state index in [1.807, 2.05) is 0 Å². The van der Waals surface area contributed by atoms with Crippen molar-refractivity contribution in [2.24, 2.45) is 0 Å². The molecule has 21 heavy (non-hydrogen) atoms. The fourth-order valence-electron chi connectivity index (χ4n) is 2.30. The SMILES string of the molecule is COCCNC(=O)N(C)C1CS(=O)(=O)c2ccc(Cl)cc21. The molecular weight excluding hydrogens is 316 g/mol. The van der Waals surface area contributed by atoms with Crippen LogP contribution in [0.25, 0.3) is 0 Å². The molecule has 0 spiro atoms. The quantitative estimate of drug-likeness (QED) is 0.847.